The van der Waals surface area contributed by atoms with Gasteiger partial charge < -0.3 is 18.9 Å². The van der Waals surface area contributed by atoms with Gasteiger partial charge in [-0.05, 0) is 183 Å². The van der Waals surface area contributed by atoms with Crippen molar-refractivity contribution in [3.8, 4) is 11.3 Å². The topological polar surface area (TPSA) is 123 Å². The summed E-state index contributed by atoms with van der Waals surface area (Å²) >= 11 is 0. The molecule has 2 aliphatic heterocycles. The molecule has 4 atom stereocenters. The zero-order valence-corrected chi connectivity index (χ0v) is 39.9. The van der Waals surface area contributed by atoms with Gasteiger partial charge in [-0.15, -0.1) is 5.10 Å². The van der Waals surface area contributed by atoms with Crippen LogP contribution in [0.4, 0.5) is 8.78 Å². The predicted molar refractivity (Wildman–Crippen MR) is 268 cm³/mol. The molecule has 2 aromatic carbocycles. The van der Waals surface area contributed by atoms with E-state index in [0.29, 0.717) is 49.5 Å². The van der Waals surface area contributed by atoms with Gasteiger partial charge in [0.15, 0.2) is 11.6 Å². The van der Waals surface area contributed by atoms with Crippen molar-refractivity contribution in [1.29, 1.82) is 0 Å². The summed E-state index contributed by atoms with van der Waals surface area (Å²) in [5.74, 6) is -0.892. The molecule has 372 valence electrons. The van der Waals surface area contributed by atoms with Crippen molar-refractivity contribution in [2.24, 2.45) is 11.8 Å². The number of nitrogens with zero attached hydrogens (tertiary/aromatic N) is 6. The van der Waals surface area contributed by atoms with E-state index in [2.05, 4.69) is 50.7 Å². The third kappa shape index (κ3) is 8.96. The number of hydrogen-bond acceptors (Lipinski definition) is 10. The lowest BCUT2D eigenvalue weighted by Crippen LogP contribution is -2.49. The molecular formula is C59H62F2N6O5. The van der Waals surface area contributed by atoms with Gasteiger partial charge in [0, 0.05) is 83.8 Å². The number of aromatic nitrogens is 6. The third-order valence-corrected chi connectivity index (χ3v) is 16.8. The zero-order valence-electron chi connectivity index (χ0n) is 39.9. The first-order chi connectivity index (χ1) is 34.7. The number of halogens is 2. The van der Waals surface area contributed by atoms with Crippen LogP contribution in [0.3, 0.4) is 0 Å². The Bertz CT molecular complexity index is 3030. The first kappa shape index (κ1) is 48.2. The van der Waals surface area contributed by atoms with Gasteiger partial charge in [-0.3, -0.25) is 19.7 Å². The first-order valence-corrected chi connectivity index (χ1v) is 25.5. The highest BCUT2D eigenvalue weighted by atomic mass is 19.1. The summed E-state index contributed by atoms with van der Waals surface area (Å²) in [6.07, 6.45) is 21.3. The number of carbonyl (C=O) groups excluding carboxylic acids is 1. The summed E-state index contributed by atoms with van der Waals surface area (Å²) in [7, 11) is 0. The number of ether oxygens (including phenoxy) is 4. The number of aryl methyl sites for hydroxylation is 2. The van der Waals surface area contributed by atoms with E-state index in [1.165, 1.54) is 58.7 Å². The van der Waals surface area contributed by atoms with Crippen LogP contribution < -0.4 is 0 Å². The van der Waals surface area contributed by atoms with Crippen molar-refractivity contribution >= 4 is 11.3 Å². The van der Waals surface area contributed by atoms with Gasteiger partial charge in [-0.2, -0.15) is 0 Å². The Balaban J connectivity index is 0.000000154. The lowest BCUT2D eigenvalue weighted by Gasteiger charge is -2.49. The molecule has 11 nitrogen and oxygen atoms in total. The van der Waals surface area contributed by atoms with Gasteiger partial charge in [0.05, 0.1) is 31.9 Å². The standard InChI is InChI=1S/C29H29FN4O2.C29H29FN2O3.CH4/c30-23-9-7-20(8-10-23)27-26-16-21-4-3-5-22-17-29(35-14-15-36-29)12-11-28(22,18-24-6-1-2-13-31-24)25(21)19-34(26)33-32-27;30-23-9-7-20(8-10-23)27(33)26-16-21-4-3-5-22-17-29(34-14-15-35-29)12-11-28(22,25(21)19-32-26)18-24-6-1-2-13-31-24;/h1-2,6-10,13,16,19,22H,3-5,11-12,14-15,17-18H2;1-2,6-10,13,16,19,22H,3-5,11-12,14-15,17-18H2;1H4/t2*22-,28+;/m11./s1. The fourth-order valence-electron chi connectivity index (χ4n) is 13.4. The molecule has 2 spiro atoms. The van der Waals surface area contributed by atoms with Crippen molar-refractivity contribution in [2.75, 3.05) is 26.4 Å². The predicted octanol–water partition coefficient (Wildman–Crippen LogP) is 11.1. The van der Waals surface area contributed by atoms with Gasteiger partial charge in [-0.1, -0.05) is 24.8 Å². The summed E-state index contributed by atoms with van der Waals surface area (Å²) in [4.78, 5) is 27.2. The normalized spacial score (nSPS) is 24.6. The number of carbonyl (C=O) groups is 1. The van der Waals surface area contributed by atoms with Gasteiger partial charge >= 0.3 is 0 Å². The Morgan fingerprint density at radius 3 is 1.74 bits per heavy atom. The van der Waals surface area contributed by atoms with E-state index in [-0.39, 0.29) is 35.7 Å². The monoisotopic (exact) mass is 972 g/mol. The van der Waals surface area contributed by atoms with Gasteiger partial charge in [0.2, 0.25) is 5.78 Å². The number of pyridine rings is 4. The van der Waals surface area contributed by atoms with Crippen molar-refractivity contribution in [2.45, 2.75) is 120 Å². The summed E-state index contributed by atoms with van der Waals surface area (Å²) in [5, 5.41) is 9.01. The minimum Gasteiger partial charge on any atom is -0.348 e. The van der Waals surface area contributed by atoms with Crippen LogP contribution in [0.15, 0.2) is 122 Å². The average molecular weight is 973 g/mol. The Morgan fingerprint density at radius 1 is 0.639 bits per heavy atom. The van der Waals surface area contributed by atoms with Gasteiger partial charge in [0.25, 0.3) is 0 Å². The largest absolute Gasteiger partial charge is 0.348 e. The van der Waals surface area contributed by atoms with E-state index in [1.807, 2.05) is 47.4 Å². The van der Waals surface area contributed by atoms with Gasteiger partial charge in [-0.25, -0.2) is 13.3 Å². The molecule has 13 rings (SSSR count). The maximum atomic E-state index is 13.5. The zero-order chi connectivity index (χ0) is 48.0. The summed E-state index contributed by atoms with van der Waals surface area (Å²) < 4.78 is 53.5. The number of benzene rings is 2. The van der Waals surface area contributed by atoms with Crippen LogP contribution in [0.2, 0.25) is 0 Å². The van der Waals surface area contributed by atoms with Crippen LogP contribution >= 0.6 is 0 Å². The lowest BCUT2D eigenvalue weighted by atomic mass is 9.58. The molecule has 2 saturated heterocycles. The molecule has 7 aromatic rings. The second kappa shape index (κ2) is 19.7. The summed E-state index contributed by atoms with van der Waals surface area (Å²) in [5.41, 5.74) is 10.6. The van der Waals surface area contributed by atoms with E-state index in [9.17, 15) is 13.6 Å². The molecule has 2 saturated carbocycles. The minimum atomic E-state index is -0.464. The summed E-state index contributed by atoms with van der Waals surface area (Å²) in [6, 6.07) is 28.7. The molecule has 13 heteroatoms. The van der Waals surface area contributed by atoms with Crippen molar-refractivity contribution in [1.82, 2.24) is 29.8 Å². The number of fused-ring (bicyclic) bond motifs is 7. The molecule has 0 N–H and O–H groups in total. The van der Waals surface area contributed by atoms with E-state index in [0.717, 1.165) is 118 Å². The molecule has 0 bridgehead atoms. The highest BCUT2D eigenvalue weighted by Crippen LogP contribution is 2.57. The second-order valence-corrected chi connectivity index (χ2v) is 20.7. The Kier molecular flexibility index (Phi) is 13.2. The molecule has 4 aliphatic carbocycles. The number of hydrogen-bond donors (Lipinski definition) is 0. The maximum Gasteiger partial charge on any atom is 0.211 e. The Morgan fingerprint density at radius 2 is 1.18 bits per heavy atom. The SMILES string of the molecule is C.Fc1ccc(-c2nnn3cc4c(cc23)CCC[C@@H]2CC3(CC[C@@]42Cc2ccccn2)OCCO3)cc1.O=C(c1ccc(F)cc1)c1cc2c(cn1)[C@]1(Cc3ccccn3)CCC3(C[C@H]1CCC2)OCCO3. The third-order valence-electron chi connectivity index (χ3n) is 16.8. The number of ketones is 1. The van der Waals surface area contributed by atoms with Crippen molar-refractivity contribution < 1.29 is 32.5 Å². The smallest absolute Gasteiger partial charge is 0.211 e. The van der Waals surface area contributed by atoms with Crippen LogP contribution in [0.25, 0.3) is 16.8 Å². The molecule has 0 amide bonds. The highest BCUT2D eigenvalue weighted by molar-refractivity contribution is 6.07. The maximum absolute atomic E-state index is 13.5. The van der Waals surface area contributed by atoms with E-state index < -0.39 is 11.6 Å². The fourth-order valence-corrected chi connectivity index (χ4v) is 13.4. The van der Waals surface area contributed by atoms with Gasteiger partial charge in [0.1, 0.15) is 23.0 Å². The molecule has 0 unspecified atom stereocenters. The first-order valence-electron chi connectivity index (χ1n) is 25.5. The molecule has 7 heterocycles. The van der Waals surface area contributed by atoms with E-state index in [1.54, 1.807) is 12.1 Å². The fraction of sp³-hybridized carbons (Fsp3) is 0.424. The Labute approximate surface area is 419 Å². The quantitative estimate of drug-likeness (QED) is 0.143. The van der Waals surface area contributed by atoms with E-state index >= 15 is 0 Å². The van der Waals surface area contributed by atoms with Crippen LogP contribution in [0, 0.1) is 23.5 Å². The van der Waals surface area contributed by atoms with Crippen molar-refractivity contribution in [3.05, 3.63) is 178 Å². The summed E-state index contributed by atoms with van der Waals surface area (Å²) in [6.45, 7) is 2.69. The minimum absolute atomic E-state index is 0. The average Bonchev–Trinajstić information content (AvgIpc) is 4.13. The molecule has 0 radical (unpaired) electrons. The molecule has 6 aliphatic rings. The lowest BCUT2D eigenvalue weighted by molar-refractivity contribution is -0.199. The van der Waals surface area contributed by atoms with Crippen LogP contribution in [0.1, 0.15) is 121 Å². The highest BCUT2D eigenvalue weighted by Gasteiger charge is 2.55. The molecule has 5 aromatic heterocycles. The molecule has 72 heavy (non-hydrogen) atoms. The molecule has 4 fully saturated rings. The Hall–Kier alpha value is -6.12. The second-order valence-electron chi connectivity index (χ2n) is 20.7. The number of rotatable bonds is 7. The van der Waals surface area contributed by atoms with E-state index in [4.69, 9.17) is 23.9 Å². The van der Waals surface area contributed by atoms with Crippen LogP contribution in [-0.2, 0) is 55.5 Å². The van der Waals surface area contributed by atoms with Crippen LogP contribution in [0.5, 0.6) is 0 Å². The van der Waals surface area contributed by atoms with Crippen molar-refractivity contribution in [3.63, 3.8) is 0 Å². The molecular weight excluding hydrogens is 911 g/mol. The van der Waals surface area contributed by atoms with Crippen LogP contribution in [-0.4, -0.2) is 73.6 Å².